The second-order valence-electron chi connectivity index (χ2n) is 4.92. The standard InChI is InChI=1S/C12H22N4O.2ClH/c1-9(13)12-8-16(4-5-17-12)7-11-6-15(3)14-10(11)2;;/h6,9,12H,4-5,7-8,13H2,1-3H3;2*1H. The van der Waals surface area contributed by atoms with E-state index in [9.17, 15) is 0 Å². The molecule has 2 atom stereocenters. The molecule has 5 nitrogen and oxygen atoms in total. The van der Waals surface area contributed by atoms with E-state index in [-0.39, 0.29) is 37.0 Å². The van der Waals surface area contributed by atoms with Crippen molar-refractivity contribution in [2.24, 2.45) is 12.8 Å². The first-order chi connectivity index (χ1) is 8.06. The summed E-state index contributed by atoms with van der Waals surface area (Å²) in [5.74, 6) is 0. The molecule has 0 saturated carbocycles. The zero-order chi connectivity index (χ0) is 12.4. The van der Waals surface area contributed by atoms with Gasteiger partial charge in [-0.05, 0) is 13.8 Å². The van der Waals surface area contributed by atoms with Crippen molar-refractivity contribution in [3.63, 3.8) is 0 Å². The fourth-order valence-electron chi connectivity index (χ4n) is 2.24. The minimum absolute atomic E-state index is 0. The second-order valence-corrected chi connectivity index (χ2v) is 4.92. The van der Waals surface area contributed by atoms with Gasteiger partial charge in [-0.3, -0.25) is 9.58 Å². The Bertz CT molecular complexity index is 384. The Hall–Kier alpha value is -0.330. The average molecular weight is 311 g/mol. The van der Waals surface area contributed by atoms with Gasteiger partial charge in [-0.2, -0.15) is 5.10 Å². The number of rotatable bonds is 3. The molecule has 0 amide bonds. The molecular formula is C12H24Cl2N4O. The SMILES string of the molecule is Cc1nn(C)cc1CN1CCOC(C(C)N)C1.Cl.Cl. The molecule has 1 aromatic rings. The number of ether oxygens (including phenoxy) is 1. The fraction of sp³-hybridized carbons (Fsp3) is 0.750. The number of halogens is 2. The normalized spacial score (nSPS) is 21.4. The quantitative estimate of drug-likeness (QED) is 0.909. The third-order valence-corrected chi connectivity index (χ3v) is 3.27. The molecule has 2 heterocycles. The lowest BCUT2D eigenvalue weighted by atomic mass is 10.1. The van der Waals surface area contributed by atoms with Crippen LogP contribution in [-0.2, 0) is 18.3 Å². The van der Waals surface area contributed by atoms with Crippen LogP contribution >= 0.6 is 24.8 Å². The highest BCUT2D eigenvalue weighted by Crippen LogP contribution is 2.13. The molecule has 1 fully saturated rings. The van der Waals surface area contributed by atoms with Gasteiger partial charge >= 0.3 is 0 Å². The third-order valence-electron chi connectivity index (χ3n) is 3.27. The summed E-state index contributed by atoms with van der Waals surface area (Å²) in [6.45, 7) is 7.64. The van der Waals surface area contributed by atoms with E-state index in [4.69, 9.17) is 10.5 Å². The van der Waals surface area contributed by atoms with Crippen LogP contribution in [0.4, 0.5) is 0 Å². The van der Waals surface area contributed by atoms with Gasteiger partial charge in [0.05, 0.1) is 18.4 Å². The summed E-state index contributed by atoms with van der Waals surface area (Å²) in [5.41, 5.74) is 8.29. The lowest BCUT2D eigenvalue weighted by Crippen LogP contribution is -2.49. The number of aromatic nitrogens is 2. The Morgan fingerprint density at radius 2 is 2.21 bits per heavy atom. The summed E-state index contributed by atoms with van der Waals surface area (Å²) >= 11 is 0. The minimum Gasteiger partial charge on any atom is -0.374 e. The lowest BCUT2D eigenvalue weighted by molar-refractivity contribution is -0.0404. The van der Waals surface area contributed by atoms with Crippen LogP contribution in [0.25, 0.3) is 0 Å². The molecule has 19 heavy (non-hydrogen) atoms. The van der Waals surface area contributed by atoms with Crippen LogP contribution in [0.5, 0.6) is 0 Å². The predicted molar refractivity (Wildman–Crippen MR) is 81.1 cm³/mol. The third kappa shape index (κ3) is 4.93. The van der Waals surface area contributed by atoms with Crippen molar-refractivity contribution in [3.05, 3.63) is 17.5 Å². The molecule has 0 spiro atoms. The largest absolute Gasteiger partial charge is 0.374 e. The van der Waals surface area contributed by atoms with E-state index >= 15 is 0 Å². The zero-order valence-electron chi connectivity index (χ0n) is 11.7. The smallest absolute Gasteiger partial charge is 0.0850 e. The van der Waals surface area contributed by atoms with E-state index in [2.05, 4.69) is 23.1 Å². The number of morpholine rings is 1. The van der Waals surface area contributed by atoms with Gasteiger partial charge in [0.2, 0.25) is 0 Å². The van der Waals surface area contributed by atoms with Gasteiger partial charge in [0.1, 0.15) is 0 Å². The van der Waals surface area contributed by atoms with Crippen molar-refractivity contribution in [3.8, 4) is 0 Å². The van der Waals surface area contributed by atoms with Crippen LogP contribution in [0.15, 0.2) is 6.20 Å². The topological polar surface area (TPSA) is 56.3 Å². The summed E-state index contributed by atoms with van der Waals surface area (Å²) in [6, 6.07) is 0.0906. The highest BCUT2D eigenvalue weighted by molar-refractivity contribution is 5.85. The van der Waals surface area contributed by atoms with E-state index < -0.39 is 0 Å². The van der Waals surface area contributed by atoms with Gasteiger partial charge in [-0.25, -0.2) is 0 Å². The number of hydrogen-bond donors (Lipinski definition) is 1. The average Bonchev–Trinajstić information content (AvgIpc) is 2.58. The van der Waals surface area contributed by atoms with Crippen molar-refractivity contribution in [1.82, 2.24) is 14.7 Å². The van der Waals surface area contributed by atoms with Gasteiger partial charge in [-0.1, -0.05) is 0 Å². The first-order valence-electron chi connectivity index (χ1n) is 6.15. The predicted octanol–water partition coefficient (Wildman–Crippen LogP) is 1.12. The van der Waals surface area contributed by atoms with Crippen molar-refractivity contribution in [1.29, 1.82) is 0 Å². The molecule has 1 saturated heterocycles. The molecule has 0 radical (unpaired) electrons. The van der Waals surface area contributed by atoms with E-state index in [1.807, 2.05) is 18.7 Å². The zero-order valence-corrected chi connectivity index (χ0v) is 13.3. The van der Waals surface area contributed by atoms with Crippen LogP contribution in [0.1, 0.15) is 18.2 Å². The molecule has 112 valence electrons. The van der Waals surface area contributed by atoms with Gasteiger partial charge < -0.3 is 10.5 Å². The van der Waals surface area contributed by atoms with E-state index in [1.165, 1.54) is 5.56 Å². The number of hydrogen-bond acceptors (Lipinski definition) is 4. The molecule has 2 unspecified atom stereocenters. The van der Waals surface area contributed by atoms with Gasteiger partial charge in [-0.15, -0.1) is 24.8 Å². The molecule has 2 N–H and O–H groups in total. The van der Waals surface area contributed by atoms with E-state index in [0.29, 0.717) is 0 Å². The Labute approximate surface area is 127 Å². The summed E-state index contributed by atoms with van der Waals surface area (Å²) in [7, 11) is 1.96. The maximum atomic E-state index is 5.89. The summed E-state index contributed by atoms with van der Waals surface area (Å²) in [6.07, 6.45) is 2.24. The first kappa shape index (κ1) is 18.7. The molecular weight excluding hydrogens is 287 g/mol. The minimum atomic E-state index is 0. The second kappa shape index (κ2) is 8.07. The Kier molecular flexibility index (Phi) is 7.93. The first-order valence-corrected chi connectivity index (χ1v) is 6.15. The van der Waals surface area contributed by atoms with Crippen LogP contribution < -0.4 is 5.73 Å². The maximum Gasteiger partial charge on any atom is 0.0850 e. The number of nitrogens with zero attached hydrogens (tertiary/aromatic N) is 3. The van der Waals surface area contributed by atoms with Gasteiger partial charge in [0, 0.05) is 44.5 Å². The van der Waals surface area contributed by atoms with Crippen LogP contribution in [-0.4, -0.2) is 46.5 Å². The van der Waals surface area contributed by atoms with Gasteiger partial charge in [0.25, 0.3) is 0 Å². The highest BCUT2D eigenvalue weighted by atomic mass is 35.5. The monoisotopic (exact) mass is 310 g/mol. The lowest BCUT2D eigenvalue weighted by Gasteiger charge is -2.34. The highest BCUT2D eigenvalue weighted by Gasteiger charge is 2.23. The Morgan fingerprint density at radius 1 is 1.53 bits per heavy atom. The summed E-state index contributed by atoms with van der Waals surface area (Å²) < 4.78 is 7.52. The molecule has 0 bridgehead atoms. The molecule has 1 aliphatic rings. The molecule has 1 aliphatic heterocycles. The van der Waals surface area contributed by atoms with Gasteiger partial charge in [0.15, 0.2) is 0 Å². The summed E-state index contributed by atoms with van der Waals surface area (Å²) in [5, 5.41) is 4.36. The van der Waals surface area contributed by atoms with Crippen molar-refractivity contribution < 1.29 is 4.74 Å². The van der Waals surface area contributed by atoms with Crippen LogP contribution in [0.3, 0.4) is 0 Å². The molecule has 0 aliphatic carbocycles. The summed E-state index contributed by atoms with van der Waals surface area (Å²) in [4.78, 5) is 2.39. The fourth-order valence-corrected chi connectivity index (χ4v) is 2.24. The van der Waals surface area contributed by atoms with Crippen LogP contribution in [0.2, 0.25) is 0 Å². The molecule has 2 rings (SSSR count). The maximum absolute atomic E-state index is 5.89. The molecule has 1 aromatic heterocycles. The van der Waals surface area contributed by atoms with Crippen molar-refractivity contribution in [2.45, 2.75) is 32.5 Å². The van der Waals surface area contributed by atoms with Crippen molar-refractivity contribution in [2.75, 3.05) is 19.7 Å². The Balaban J connectivity index is 0.00000162. The molecule has 0 aromatic carbocycles. The Morgan fingerprint density at radius 3 is 2.74 bits per heavy atom. The van der Waals surface area contributed by atoms with E-state index in [0.717, 1.165) is 31.9 Å². The van der Waals surface area contributed by atoms with Crippen LogP contribution in [0, 0.1) is 6.92 Å². The number of nitrogens with two attached hydrogens (primary N) is 1. The number of aryl methyl sites for hydroxylation is 2. The van der Waals surface area contributed by atoms with E-state index in [1.54, 1.807) is 0 Å². The molecule has 7 heteroatoms. The van der Waals surface area contributed by atoms with Crippen molar-refractivity contribution >= 4 is 24.8 Å².